The third-order valence-corrected chi connectivity index (χ3v) is 4.70. The van der Waals surface area contributed by atoms with Gasteiger partial charge < -0.3 is 15.4 Å². The first-order valence-corrected chi connectivity index (χ1v) is 7.81. The Morgan fingerprint density at radius 1 is 1.30 bits per heavy atom. The summed E-state index contributed by atoms with van der Waals surface area (Å²) in [7, 11) is 0. The molecule has 20 heavy (non-hydrogen) atoms. The van der Waals surface area contributed by atoms with E-state index in [1.54, 1.807) is 0 Å². The van der Waals surface area contributed by atoms with Crippen LogP contribution in [0.1, 0.15) is 39.5 Å². The van der Waals surface area contributed by atoms with Gasteiger partial charge in [0.05, 0.1) is 12.3 Å². The van der Waals surface area contributed by atoms with Gasteiger partial charge in [0, 0.05) is 12.6 Å². The Kier molecular flexibility index (Phi) is 3.72. The molecule has 2 fully saturated rings. The number of nitrogens with zero attached hydrogens (tertiary/aromatic N) is 2. The van der Waals surface area contributed by atoms with Crippen LogP contribution in [0.15, 0.2) is 12.1 Å². The number of ether oxygens (including phenoxy) is 1. The molecule has 4 nitrogen and oxygen atoms in total. The largest absolute Gasteiger partial charge is 0.476 e. The highest BCUT2D eigenvalue weighted by molar-refractivity contribution is 5.55. The molecule has 2 atom stereocenters. The van der Waals surface area contributed by atoms with Crippen molar-refractivity contribution in [2.24, 2.45) is 11.8 Å². The van der Waals surface area contributed by atoms with Crippen LogP contribution in [0.25, 0.3) is 0 Å². The highest BCUT2D eigenvalue weighted by Crippen LogP contribution is 2.32. The van der Waals surface area contributed by atoms with E-state index in [0.717, 1.165) is 19.0 Å². The Bertz CT molecular complexity index is 473. The number of hydrogen-bond donors (Lipinski definition) is 1. The maximum atomic E-state index is 5.98. The van der Waals surface area contributed by atoms with Crippen LogP contribution < -0.4 is 15.4 Å². The summed E-state index contributed by atoms with van der Waals surface area (Å²) in [6, 6.07) is 4.47. The number of rotatable bonds is 4. The summed E-state index contributed by atoms with van der Waals surface area (Å²) in [6.45, 7) is 6.43. The van der Waals surface area contributed by atoms with Crippen molar-refractivity contribution >= 4 is 11.5 Å². The summed E-state index contributed by atoms with van der Waals surface area (Å²) < 4.78 is 5.79. The number of hydrogen-bond acceptors (Lipinski definition) is 4. The smallest absolute Gasteiger partial charge is 0.239 e. The second-order valence-corrected chi connectivity index (χ2v) is 6.37. The van der Waals surface area contributed by atoms with Crippen molar-refractivity contribution < 1.29 is 4.74 Å². The van der Waals surface area contributed by atoms with Gasteiger partial charge in [-0.25, -0.2) is 0 Å². The molecule has 0 radical (unpaired) electrons. The lowest BCUT2D eigenvalue weighted by Gasteiger charge is -2.38. The molecule has 1 aliphatic carbocycles. The number of piperidine rings is 1. The number of anilines is 2. The van der Waals surface area contributed by atoms with Gasteiger partial charge in [-0.3, -0.25) is 0 Å². The predicted molar refractivity (Wildman–Crippen MR) is 82.1 cm³/mol. The van der Waals surface area contributed by atoms with Gasteiger partial charge in [0.25, 0.3) is 0 Å². The fraction of sp³-hybridized carbons (Fsp3) is 0.688. The molecule has 0 spiro atoms. The molecule has 2 heterocycles. The van der Waals surface area contributed by atoms with Crippen molar-refractivity contribution in [2.75, 3.05) is 23.8 Å². The molecular weight excluding hydrogens is 250 g/mol. The van der Waals surface area contributed by atoms with Crippen LogP contribution in [0.4, 0.5) is 11.5 Å². The first-order chi connectivity index (χ1) is 9.65. The fourth-order valence-corrected chi connectivity index (χ4v) is 2.86. The average molecular weight is 275 g/mol. The van der Waals surface area contributed by atoms with Crippen LogP contribution in [0, 0.1) is 11.8 Å². The molecule has 110 valence electrons. The van der Waals surface area contributed by atoms with Gasteiger partial charge >= 0.3 is 0 Å². The quantitative estimate of drug-likeness (QED) is 0.917. The van der Waals surface area contributed by atoms with E-state index in [2.05, 4.69) is 23.7 Å². The maximum Gasteiger partial charge on any atom is 0.239 e. The first kappa shape index (κ1) is 13.5. The second kappa shape index (κ2) is 5.51. The number of nitrogens with two attached hydrogens (primary N) is 1. The summed E-state index contributed by atoms with van der Waals surface area (Å²) in [6.07, 6.45) is 5.09. The Morgan fingerprint density at radius 3 is 2.85 bits per heavy atom. The van der Waals surface area contributed by atoms with E-state index in [-0.39, 0.29) is 0 Å². The summed E-state index contributed by atoms with van der Waals surface area (Å²) in [5.74, 6) is 3.04. The molecule has 1 saturated heterocycles. The van der Waals surface area contributed by atoms with E-state index in [0.29, 0.717) is 29.4 Å². The van der Waals surface area contributed by atoms with Crippen LogP contribution in [-0.2, 0) is 0 Å². The van der Waals surface area contributed by atoms with Crippen molar-refractivity contribution in [3.05, 3.63) is 12.1 Å². The van der Waals surface area contributed by atoms with E-state index < -0.39 is 0 Å². The molecule has 4 heteroatoms. The molecule has 1 aromatic rings. The number of aromatic nitrogens is 1. The van der Waals surface area contributed by atoms with E-state index >= 15 is 0 Å². The molecule has 0 bridgehead atoms. The first-order valence-electron chi connectivity index (χ1n) is 7.81. The summed E-state index contributed by atoms with van der Waals surface area (Å²) in [5.41, 5.74) is 6.63. The molecule has 0 amide bonds. The Labute approximate surface area is 121 Å². The zero-order valence-corrected chi connectivity index (χ0v) is 12.5. The van der Waals surface area contributed by atoms with Gasteiger partial charge in [-0.15, -0.1) is 0 Å². The van der Waals surface area contributed by atoms with Crippen molar-refractivity contribution in [1.82, 2.24) is 4.98 Å². The normalized spacial score (nSPS) is 26.6. The standard InChI is InChI=1S/C16H25N3O/c1-11-4-3-9-19(12(11)2)15-8-7-14(17)16(18-15)20-10-13-5-6-13/h7-8,11-13H,3-6,9-10,17H2,1-2H3. The number of nitrogen functional groups attached to an aromatic ring is 1. The van der Waals surface area contributed by atoms with Gasteiger partial charge in [-0.05, 0) is 56.6 Å². The van der Waals surface area contributed by atoms with Gasteiger partial charge in [0.1, 0.15) is 5.82 Å². The van der Waals surface area contributed by atoms with Crippen LogP contribution in [-0.4, -0.2) is 24.2 Å². The second-order valence-electron chi connectivity index (χ2n) is 6.37. The van der Waals surface area contributed by atoms with Crippen LogP contribution >= 0.6 is 0 Å². The molecule has 1 aliphatic heterocycles. The van der Waals surface area contributed by atoms with Crippen molar-refractivity contribution in [3.63, 3.8) is 0 Å². The van der Waals surface area contributed by atoms with E-state index in [1.807, 2.05) is 12.1 Å². The Balaban J connectivity index is 1.76. The molecule has 2 unspecified atom stereocenters. The summed E-state index contributed by atoms with van der Waals surface area (Å²) in [5, 5.41) is 0. The van der Waals surface area contributed by atoms with Gasteiger partial charge in [-0.1, -0.05) is 6.92 Å². The predicted octanol–water partition coefficient (Wildman–Crippen LogP) is 3.08. The van der Waals surface area contributed by atoms with Crippen molar-refractivity contribution in [1.29, 1.82) is 0 Å². The third kappa shape index (κ3) is 2.84. The zero-order valence-electron chi connectivity index (χ0n) is 12.5. The average Bonchev–Trinajstić information content (AvgIpc) is 3.25. The van der Waals surface area contributed by atoms with Gasteiger partial charge in [-0.2, -0.15) is 4.98 Å². The van der Waals surface area contributed by atoms with Crippen molar-refractivity contribution in [3.8, 4) is 5.88 Å². The topological polar surface area (TPSA) is 51.4 Å². The lowest BCUT2D eigenvalue weighted by Crippen LogP contribution is -2.42. The monoisotopic (exact) mass is 275 g/mol. The minimum atomic E-state index is 0.524. The molecule has 0 aromatic carbocycles. The minimum absolute atomic E-state index is 0.524. The summed E-state index contributed by atoms with van der Waals surface area (Å²) in [4.78, 5) is 7.05. The van der Waals surface area contributed by atoms with E-state index in [9.17, 15) is 0 Å². The lowest BCUT2D eigenvalue weighted by atomic mass is 9.92. The van der Waals surface area contributed by atoms with Crippen LogP contribution in [0.5, 0.6) is 5.88 Å². The molecule has 2 aliphatic rings. The minimum Gasteiger partial charge on any atom is -0.476 e. The molecule has 3 rings (SSSR count). The van der Waals surface area contributed by atoms with Crippen LogP contribution in [0.3, 0.4) is 0 Å². The maximum absolute atomic E-state index is 5.98. The van der Waals surface area contributed by atoms with Crippen LogP contribution in [0.2, 0.25) is 0 Å². The number of pyridine rings is 1. The van der Waals surface area contributed by atoms with Gasteiger partial charge in [0.2, 0.25) is 5.88 Å². The lowest BCUT2D eigenvalue weighted by molar-refractivity contribution is 0.289. The molecule has 1 aromatic heterocycles. The van der Waals surface area contributed by atoms with E-state index in [4.69, 9.17) is 10.5 Å². The Morgan fingerprint density at radius 2 is 2.10 bits per heavy atom. The highest BCUT2D eigenvalue weighted by Gasteiger charge is 2.27. The molecule has 2 N–H and O–H groups in total. The molecular formula is C16H25N3O. The van der Waals surface area contributed by atoms with Crippen molar-refractivity contribution in [2.45, 2.75) is 45.6 Å². The Hall–Kier alpha value is -1.45. The van der Waals surface area contributed by atoms with E-state index in [1.165, 1.54) is 25.7 Å². The van der Waals surface area contributed by atoms with Gasteiger partial charge in [0.15, 0.2) is 0 Å². The third-order valence-electron chi connectivity index (χ3n) is 4.70. The molecule has 1 saturated carbocycles. The SMILES string of the molecule is CC1CCCN(c2ccc(N)c(OCC3CC3)n2)C1C. The fourth-order valence-electron chi connectivity index (χ4n) is 2.86. The highest BCUT2D eigenvalue weighted by atomic mass is 16.5. The summed E-state index contributed by atoms with van der Waals surface area (Å²) >= 11 is 0. The zero-order chi connectivity index (χ0) is 14.1.